The molecule has 1 aromatic carbocycles. The van der Waals surface area contributed by atoms with E-state index in [1.807, 2.05) is 0 Å². The number of nitrogens with one attached hydrogen (secondary N) is 2. The molecule has 0 saturated carbocycles. The second kappa shape index (κ2) is 6.56. The monoisotopic (exact) mass is 415 g/mol. The van der Waals surface area contributed by atoms with Crippen LogP contribution in [-0.2, 0) is 35.7 Å². The van der Waals surface area contributed by atoms with Crippen molar-refractivity contribution < 1.29 is 13.7 Å². The average Bonchev–Trinajstić information content (AvgIpc) is 3.38. The molecule has 2 atom stereocenters. The lowest BCUT2D eigenvalue weighted by atomic mass is 9.95. The number of nitrogens with two attached hydrogens (primary N) is 1. The van der Waals surface area contributed by atoms with Gasteiger partial charge in [-0.15, -0.1) is 0 Å². The lowest BCUT2D eigenvalue weighted by Crippen LogP contribution is -2.21. The zero-order valence-electron chi connectivity index (χ0n) is 16.4. The predicted molar refractivity (Wildman–Crippen MR) is 109 cm³/mol. The molecule has 1 aromatic heterocycles. The SMILES string of the molecule is C[C@@H]1CCc2c1cc1c(c2NC(=O)c2nn3c(c2S(=N)(N)=O)OCCC3)CCC1. The van der Waals surface area contributed by atoms with Crippen LogP contribution < -0.4 is 15.2 Å². The van der Waals surface area contributed by atoms with Gasteiger partial charge in [-0.05, 0) is 60.3 Å². The Bertz CT molecular complexity index is 1140. The van der Waals surface area contributed by atoms with E-state index < -0.39 is 15.8 Å². The van der Waals surface area contributed by atoms with E-state index in [1.54, 1.807) is 0 Å². The highest BCUT2D eigenvalue weighted by atomic mass is 32.2. The summed E-state index contributed by atoms with van der Waals surface area (Å²) in [5.74, 6) is 0.186. The average molecular weight is 416 g/mol. The van der Waals surface area contributed by atoms with Gasteiger partial charge in [-0.25, -0.2) is 18.8 Å². The maximum absolute atomic E-state index is 13.3. The van der Waals surface area contributed by atoms with E-state index in [4.69, 9.17) is 14.7 Å². The summed E-state index contributed by atoms with van der Waals surface area (Å²) < 4.78 is 27.4. The fourth-order valence-electron chi connectivity index (χ4n) is 4.89. The van der Waals surface area contributed by atoms with Crippen LogP contribution in [0.3, 0.4) is 0 Å². The van der Waals surface area contributed by atoms with E-state index in [0.29, 0.717) is 19.1 Å². The van der Waals surface area contributed by atoms with Crippen LogP contribution in [-0.4, -0.2) is 26.5 Å². The van der Waals surface area contributed by atoms with Crippen LogP contribution in [0.1, 0.15) is 64.8 Å². The highest BCUT2D eigenvalue weighted by Gasteiger charge is 2.33. The zero-order valence-corrected chi connectivity index (χ0v) is 17.2. The van der Waals surface area contributed by atoms with Crippen molar-refractivity contribution >= 4 is 21.5 Å². The third-order valence-electron chi connectivity index (χ3n) is 6.27. The van der Waals surface area contributed by atoms with Gasteiger partial charge in [0.05, 0.1) is 6.61 Å². The summed E-state index contributed by atoms with van der Waals surface area (Å²) in [6, 6.07) is 2.32. The number of carbonyl (C=O) groups excluding carboxylic acids is 1. The third-order valence-corrected chi connectivity index (χ3v) is 7.25. The highest BCUT2D eigenvalue weighted by Crippen LogP contribution is 2.43. The van der Waals surface area contributed by atoms with Gasteiger partial charge in [0.2, 0.25) is 5.88 Å². The van der Waals surface area contributed by atoms with Gasteiger partial charge in [-0.1, -0.05) is 13.0 Å². The van der Waals surface area contributed by atoms with Crippen LogP contribution in [0.25, 0.3) is 0 Å². The number of anilines is 1. The zero-order chi connectivity index (χ0) is 20.3. The number of nitrogens with zero attached hydrogens (tertiary/aromatic N) is 2. The Labute approximate surface area is 169 Å². The van der Waals surface area contributed by atoms with Crippen LogP contribution in [0.5, 0.6) is 5.88 Å². The minimum absolute atomic E-state index is 0.0696. The molecule has 1 unspecified atom stereocenters. The Kier molecular flexibility index (Phi) is 4.22. The Balaban J connectivity index is 1.60. The first-order chi connectivity index (χ1) is 13.8. The van der Waals surface area contributed by atoms with Crippen molar-refractivity contribution in [1.29, 1.82) is 4.78 Å². The Morgan fingerprint density at radius 3 is 2.97 bits per heavy atom. The van der Waals surface area contributed by atoms with E-state index in [-0.39, 0.29) is 16.5 Å². The molecule has 9 heteroatoms. The summed E-state index contributed by atoms with van der Waals surface area (Å²) in [6.45, 7) is 3.19. The van der Waals surface area contributed by atoms with Gasteiger partial charge in [0.1, 0.15) is 9.92 Å². The minimum Gasteiger partial charge on any atom is -0.477 e. The van der Waals surface area contributed by atoms with Gasteiger partial charge in [0, 0.05) is 18.7 Å². The van der Waals surface area contributed by atoms with Gasteiger partial charge in [-0.2, -0.15) is 5.10 Å². The van der Waals surface area contributed by atoms with Crippen LogP contribution in [0.15, 0.2) is 11.0 Å². The van der Waals surface area contributed by atoms with Gasteiger partial charge >= 0.3 is 0 Å². The van der Waals surface area contributed by atoms with E-state index in [2.05, 4.69) is 23.4 Å². The number of amides is 1. The van der Waals surface area contributed by atoms with Crippen molar-refractivity contribution in [3.05, 3.63) is 34.0 Å². The summed E-state index contributed by atoms with van der Waals surface area (Å²) in [7, 11) is -3.67. The molecule has 0 bridgehead atoms. The molecular weight excluding hydrogens is 390 g/mol. The number of carbonyl (C=O) groups is 1. The van der Waals surface area contributed by atoms with Crippen LogP contribution in [0, 0.1) is 4.78 Å². The third kappa shape index (κ3) is 2.95. The molecule has 8 nitrogen and oxygen atoms in total. The quantitative estimate of drug-likeness (QED) is 0.713. The molecule has 29 heavy (non-hydrogen) atoms. The second-order valence-electron chi connectivity index (χ2n) is 8.21. The molecule has 154 valence electrons. The number of aromatic nitrogens is 2. The molecule has 3 aliphatic rings. The van der Waals surface area contributed by atoms with Gasteiger partial charge in [0.15, 0.2) is 10.6 Å². The lowest BCUT2D eigenvalue weighted by molar-refractivity contribution is 0.101. The van der Waals surface area contributed by atoms with Crippen LogP contribution in [0.2, 0.25) is 0 Å². The second-order valence-corrected chi connectivity index (χ2v) is 9.82. The first-order valence-electron chi connectivity index (χ1n) is 10.1. The van der Waals surface area contributed by atoms with Crippen molar-refractivity contribution in [1.82, 2.24) is 9.78 Å². The molecule has 2 heterocycles. The fourth-order valence-corrected chi connectivity index (χ4v) is 5.73. The number of aryl methyl sites for hydroxylation is 2. The van der Waals surface area contributed by atoms with E-state index >= 15 is 0 Å². The summed E-state index contributed by atoms with van der Waals surface area (Å²) in [6.07, 6.45) is 5.78. The number of benzene rings is 1. The first-order valence-corrected chi connectivity index (χ1v) is 11.8. The molecule has 1 aliphatic heterocycles. The molecule has 5 rings (SSSR count). The van der Waals surface area contributed by atoms with Gasteiger partial charge in [-0.3, -0.25) is 4.79 Å². The van der Waals surface area contributed by atoms with Crippen molar-refractivity contribution in [3.63, 3.8) is 0 Å². The maximum Gasteiger partial charge on any atom is 0.277 e. The molecular formula is C20H25N5O3S. The largest absolute Gasteiger partial charge is 0.477 e. The number of rotatable bonds is 3. The molecule has 2 aromatic rings. The van der Waals surface area contributed by atoms with E-state index in [9.17, 15) is 9.00 Å². The Morgan fingerprint density at radius 2 is 2.17 bits per heavy atom. The molecule has 0 saturated heterocycles. The predicted octanol–water partition coefficient (Wildman–Crippen LogP) is 2.74. The molecule has 0 radical (unpaired) electrons. The normalized spacial score (nSPS) is 21.7. The summed E-state index contributed by atoms with van der Waals surface area (Å²) >= 11 is 0. The topological polar surface area (TPSA) is 123 Å². The number of fused-ring (bicyclic) bond motifs is 3. The molecule has 4 N–H and O–H groups in total. The summed E-state index contributed by atoms with van der Waals surface area (Å²) in [4.78, 5) is 13.2. The standard InChI is InChI=1S/C20H25N5O3S/c1-11-6-7-14-15(11)10-12-4-2-5-13(12)16(14)23-19(26)17-18(29(21,22)27)20-25(24-17)8-3-9-28-20/h10-11H,2-9H2,1H3,(H,23,26)(H3,21,22,27)/t11-/m1/s1. The van der Waals surface area contributed by atoms with Gasteiger partial charge < -0.3 is 10.1 Å². The molecule has 2 aliphatic carbocycles. The van der Waals surface area contributed by atoms with E-state index in [1.165, 1.54) is 26.9 Å². The Hall–Kier alpha value is -2.39. The first kappa shape index (κ1) is 18.6. The van der Waals surface area contributed by atoms with Crippen LogP contribution >= 0.6 is 0 Å². The lowest BCUT2D eigenvalue weighted by Gasteiger charge is -2.17. The smallest absolute Gasteiger partial charge is 0.277 e. The molecule has 0 spiro atoms. The van der Waals surface area contributed by atoms with Crippen molar-refractivity contribution in [2.75, 3.05) is 11.9 Å². The summed E-state index contributed by atoms with van der Waals surface area (Å²) in [5, 5.41) is 13.0. The van der Waals surface area contributed by atoms with E-state index in [0.717, 1.165) is 44.2 Å². The van der Waals surface area contributed by atoms with Crippen molar-refractivity contribution in [2.24, 2.45) is 5.14 Å². The minimum atomic E-state index is -3.67. The maximum atomic E-state index is 13.3. The number of hydrogen-bond acceptors (Lipinski definition) is 5. The highest BCUT2D eigenvalue weighted by molar-refractivity contribution is 7.90. The number of hydrogen-bond donors (Lipinski definition) is 3. The Morgan fingerprint density at radius 1 is 1.34 bits per heavy atom. The van der Waals surface area contributed by atoms with Crippen molar-refractivity contribution in [2.45, 2.75) is 62.8 Å². The van der Waals surface area contributed by atoms with Crippen molar-refractivity contribution in [3.8, 4) is 5.88 Å². The number of ether oxygens (including phenoxy) is 1. The van der Waals surface area contributed by atoms with Crippen LogP contribution in [0.4, 0.5) is 5.69 Å². The summed E-state index contributed by atoms with van der Waals surface area (Å²) in [5.41, 5.74) is 5.84. The fraction of sp³-hybridized carbons (Fsp3) is 0.500. The molecule has 0 fully saturated rings. The molecule has 1 amide bonds. The van der Waals surface area contributed by atoms with Gasteiger partial charge in [0.25, 0.3) is 5.91 Å².